The van der Waals surface area contributed by atoms with Crippen LogP contribution in [0.15, 0.2) is 337 Å². The van der Waals surface area contributed by atoms with E-state index in [0.717, 1.165) is 0 Å². The van der Waals surface area contributed by atoms with Gasteiger partial charge in [-0.15, -0.1) is 24.3 Å². The molecule has 0 saturated heterocycles. The Morgan fingerprint density at radius 3 is 0.917 bits per heavy atom. The molecule has 0 N–H and O–H groups in total. The summed E-state index contributed by atoms with van der Waals surface area (Å²) in [7, 11) is 0. The molecule has 10 heteroatoms. The van der Waals surface area contributed by atoms with Crippen molar-refractivity contribution in [1.29, 1.82) is 0 Å². The molecule has 4 heterocycles. The number of imidazole rings is 2. The zero-order valence-corrected chi connectivity index (χ0v) is 52.1. The third-order valence-corrected chi connectivity index (χ3v) is 17.1. The van der Waals surface area contributed by atoms with Gasteiger partial charge in [0.25, 0.3) is 0 Å². The Morgan fingerprint density at radius 2 is 0.583 bits per heavy atom. The Bertz CT molecular complexity index is 6730. The minimum atomic E-state index is -0.876. The molecule has 4 aromatic heterocycles. The van der Waals surface area contributed by atoms with Crippen molar-refractivity contribution in [2.75, 3.05) is 0 Å². The number of hydrogen-bond donors (Lipinski definition) is 0. The first-order valence-electron chi connectivity index (χ1n) is 40.1. The number of rotatable bonds is 12. The number of fused-ring (bicyclic) bond motifs is 8. The molecule has 0 fully saturated rings. The summed E-state index contributed by atoms with van der Waals surface area (Å²) in [5, 5.41) is 2.17. The average molecular weight is 1430 g/mol. The molecule has 18 aromatic rings. The van der Waals surface area contributed by atoms with Crippen LogP contribution in [0, 0.1) is 12.1 Å². The third-order valence-electron chi connectivity index (χ3n) is 17.1. The first-order chi connectivity index (χ1) is 55.3. The quantitative estimate of drug-likeness (QED) is 0.114. The second-order valence-electron chi connectivity index (χ2n) is 22.3. The van der Waals surface area contributed by atoms with Gasteiger partial charge in [-0.1, -0.05) is 276 Å². The fraction of sp³-hybridized carbons (Fsp3) is 0. The van der Waals surface area contributed by atoms with Gasteiger partial charge in [0, 0.05) is 56.2 Å². The number of benzene rings is 14. The van der Waals surface area contributed by atoms with Crippen molar-refractivity contribution in [2.45, 2.75) is 0 Å². The van der Waals surface area contributed by atoms with E-state index in [1.807, 2.05) is 118 Å². The van der Waals surface area contributed by atoms with Crippen LogP contribution < -0.4 is 16.1 Å². The first kappa shape index (κ1) is 40.0. The number of hydrogen-bond acceptors (Lipinski definition) is 3. The van der Waals surface area contributed by atoms with Crippen LogP contribution in [0.4, 0.5) is 0 Å². The predicted octanol–water partition coefficient (Wildman–Crippen LogP) is 20.1. The monoisotopic (exact) mass is 1430 g/mol. The average Bonchev–Trinajstić information content (AvgIpc) is 1.47. The molecule has 0 aliphatic carbocycles. The van der Waals surface area contributed by atoms with Crippen LogP contribution in [-0.4, -0.2) is 27.4 Å². The second kappa shape index (κ2) is 23.7. The summed E-state index contributed by atoms with van der Waals surface area (Å²) in [5.41, 5.74) is 0.112. The van der Waals surface area contributed by atoms with Gasteiger partial charge in [0.2, 0.25) is 0 Å². The van der Waals surface area contributed by atoms with Gasteiger partial charge in [-0.2, -0.15) is 0 Å². The van der Waals surface area contributed by atoms with Gasteiger partial charge in [-0.25, -0.2) is 9.59 Å². The SMILES string of the molecule is [2H]c1c([2H])c([2H])c(-c2cccc(-c3c([2H])c([2H])c([2H])c([2H])c3[2H])c2-n2c(=O)n(-c3[c-]c(Oc4[c-]c(-n5c(=O)n(-c6c(-c7c([2H])c([2H])c([2H])c([2H])c7[2H])cccc6-c6c([2H])c([2H])c([2H])c([2H])c6[2H])c6ccccc65)cc5c4c4ccccc4n5-c4ccccc4)c4c5ccccc5n(-c5ccccc5)c4c3)c3ccccc32)c([2H])c1[2H].[Pt+2]. The molecule has 9 nitrogen and oxygen atoms in total. The molecule has 14 aromatic carbocycles. The van der Waals surface area contributed by atoms with E-state index in [1.54, 1.807) is 60.7 Å². The molecular weight excluding hydrogens is 1360 g/mol. The molecule has 0 bridgehead atoms. The van der Waals surface area contributed by atoms with E-state index in [0.29, 0.717) is 55.0 Å². The zero-order valence-electron chi connectivity index (χ0n) is 69.9. The van der Waals surface area contributed by atoms with Crippen LogP contribution in [0.2, 0.25) is 0 Å². The molecule has 0 aliphatic heterocycles. The topological polar surface area (TPSA) is 72.9 Å². The minimum Gasteiger partial charge on any atom is -0.508 e. The van der Waals surface area contributed by atoms with Gasteiger partial charge >= 0.3 is 32.4 Å². The van der Waals surface area contributed by atoms with Gasteiger partial charge in [0.15, 0.2) is 0 Å². The summed E-state index contributed by atoms with van der Waals surface area (Å²) in [6.07, 6.45) is 0. The Kier molecular flexibility index (Phi) is 9.86. The van der Waals surface area contributed by atoms with E-state index in [4.69, 9.17) is 21.2 Å². The zero-order chi connectivity index (χ0) is 80.5. The van der Waals surface area contributed by atoms with E-state index in [1.165, 1.54) is 54.7 Å². The van der Waals surface area contributed by atoms with E-state index >= 15 is 9.59 Å². The smallest absolute Gasteiger partial charge is 0.508 e. The van der Waals surface area contributed by atoms with Gasteiger partial charge in [-0.05, 0) is 105 Å². The van der Waals surface area contributed by atoms with E-state index in [2.05, 4.69) is 12.1 Å². The van der Waals surface area contributed by atoms with Crippen LogP contribution in [0.25, 0.3) is 144 Å². The van der Waals surface area contributed by atoms with Crippen molar-refractivity contribution in [3.63, 3.8) is 0 Å². The Labute approximate surface area is 594 Å². The molecule has 456 valence electrons. The molecule has 0 saturated carbocycles. The van der Waals surface area contributed by atoms with Gasteiger partial charge < -0.3 is 13.9 Å². The molecule has 0 aliphatic rings. The maximum atomic E-state index is 16.9. The van der Waals surface area contributed by atoms with Crippen molar-refractivity contribution < 1.29 is 53.2 Å². The molecular formula is C86H54N6O3Pt. The molecule has 0 atom stereocenters. The van der Waals surface area contributed by atoms with Gasteiger partial charge in [0.1, 0.15) is 0 Å². The van der Waals surface area contributed by atoms with Crippen molar-refractivity contribution in [3.8, 4) is 90.1 Å². The van der Waals surface area contributed by atoms with Crippen LogP contribution in [-0.2, 0) is 21.1 Å². The summed E-state index contributed by atoms with van der Waals surface area (Å²) < 4.78 is 197. The van der Waals surface area contributed by atoms with Crippen molar-refractivity contribution in [3.05, 3.63) is 360 Å². The Hall–Kier alpha value is -12.3. The van der Waals surface area contributed by atoms with Crippen molar-refractivity contribution in [2.24, 2.45) is 0 Å². The second-order valence-corrected chi connectivity index (χ2v) is 22.3. The van der Waals surface area contributed by atoms with Gasteiger partial charge in [0.05, 0.1) is 60.9 Å². The molecule has 0 unspecified atom stereocenters. The minimum absolute atomic E-state index is 0. The number of aromatic nitrogens is 6. The summed E-state index contributed by atoms with van der Waals surface area (Å²) in [6, 6.07) is 52.5. The molecule has 96 heavy (non-hydrogen) atoms. The van der Waals surface area contributed by atoms with Crippen molar-refractivity contribution >= 4 is 65.7 Å². The number of para-hydroxylation sites is 10. The molecule has 0 spiro atoms. The summed E-state index contributed by atoms with van der Waals surface area (Å²) >= 11 is 0. The summed E-state index contributed by atoms with van der Waals surface area (Å²) in [6.45, 7) is 0. The first-order valence-corrected chi connectivity index (χ1v) is 30.1. The maximum absolute atomic E-state index is 16.9. The van der Waals surface area contributed by atoms with Gasteiger partial charge in [-0.3, -0.25) is 18.3 Å². The molecule has 0 amide bonds. The standard InChI is InChI=1S/C86H54N6O3.Pt/c93-85-89(73-49-23-25-51-75(73)91(85)83-65(57-29-7-1-8-30-57)43-27-44-66(83)58-31-9-2-10-32-58)63-53-77-81(69-41-19-21-47-71(69)87(77)61-37-15-5-16-38-61)79(55-63)95-80-56-64(54-78-82(80)70-42-20-22-48-72(70)88(78)62-39-17-6-18-40-62)90-74-50-24-26-52-76(74)92(86(90)94)84-67(59-33-11-3-12-34-59)45-28-46-68(84)60-35-13-4-14-36-60;/h1-54H;/q-2;+2/i1D,2D,3D,4D,7D,8D,9D,10D,11D,12D,13D,14D,29D,30D,31D,32D,33D,34D,35D,36D;. The maximum Gasteiger partial charge on any atom is 2.00 e. The van der Waals surface area contributed by atoms with Crippen LogP contribution >= 0.6 is 0 Å². The van der Waals surface area contributed by atoms with Crippen molar-refractivity contribution in [1.82, 2.24) is 27.4 Å². The predicted molar refractivity (Wildman–Crippen MR) is 386 cm³/mol. The van der Waals surface area contributed by atoms with Crippen LogP contribution in [0.1, 0.15) is 27.4 Å². The molecule has 0 radical (unpaired) electrons. The summed E-state index contributed by atoms with van der Waals surface area (Å²) in [4.78, 5) is 33.8. The third kappa shape index (κ3) is 9.26. The van der Waals surface area contributed by atoms with E-state index in [9.17, 15) is 11.0 Å². The number of nitrogens with zero attached hydrogens (tertiary/aromatic N) is 6. The van der Waals surface area contributed by atoms with E-state index < -0.39 is 132 Å². The Morgan fingerprint density at radius 1 is 0.292 bits per heavy atom. The normalized spacial score (nSPS) is 14.5. The number of ether oxygens (including phenoxy) is 1. The summed E-state index contributed by atoms with van der Waals surface area (Å²) in [5.74, 6) is -0.0309. The van der Waals surface area contributed by atoms with Crippen LogP contribution in [0.3, 0.4) is 0 Å². The Balaban J connectivity index is 0.00000968. The van der Waals surface area contributed by atoms with E-state index in [-0.39, 0.29) is 122 Å². The van der Waals surface area contributed by atoms with Crippen LogP contribution in [0.5, 0.6) is 11.5 Å². The fourth-order valence-electron chi connectivity index (χ4n) is 13.3. The molecule has 18 rings (SSSR count). The fourth-order valence-corrected chi connectivity index (χ4v) is 13.3. The largest absolute Gasteiger partial charge is 2.00 e.